The van der Waals surface area contributed by atoms with E-state index in [0.717, 1.165) is 38.5 Å². The molecule has 0 radical (unpaired) electrons. The Labute approximate surface area is 304 Å². The average molecular weight is 738 g/mol. The van der Waals surface area contributed by atoms with Crippen molar-refractivity contribution >= 4 is 17.7 Å². The molecule has 52 heavy (non-hydrogen) atoms. The van der Waals surface area contributed by atoms with E-state index in [9.17, 15) is 9.59 Å². The van der Waals surface area contributed by atoms with Crippen LogP contribution in [0.15, 0.2) is 5.16 Å². The predicted octanol–water partition coefficient (Wildman–Crippen LogP) is 5.20. The standard InChI is InChI=1S/C37H55NO14/c1-19-7-9-26-21(3)30(44-32-36(26)24(19)13-15-34(5,46-32)49-51-36)42-17-23(38-48-29(41)12-11-28(39)40)18-43-31-22(4)27-10-8-20(2)25-14-16-35(6)47-33(45-31)37(25,27)52-50-35/h19-22,24-27,30-33H,7-18H2,1-6H3,(H,39,40)/t19-,20-,21-,22-,24+,25+,26+,27+,30+,31+,32-,33?,34-,35-,36-,37-/m1/s1. The van der Waals surface area contributed by atoms with E-state index in [1.54, 1.807) is 0 Å². The lowest BCUT2D eigenvalue weighted by atomic mass is 9.58. The summed E-state index contributed by atoms with van der Waals surface area (Å²) in [6.07, 6.45) is 3.70. The van der Waals surface area contributed by atoms with Crippen molar-refractivity contribution in [2.75, 3.05) is 13.2 Å². The maximum absolute atomic E-state index is 12.4. The van der Waals surface area contributed by atoms with Gasteiger partial charge < -0.3 is 38.4 Å². The number of carbonyl (C=O) groups excluding carboxylic acids is 1. The average Bonchev–Trinajstić information content (AvgIpc) is 3.48. The molecule has 1 unspecified atom stereocenters. The van der Waals surface area contributed by atoms with Gasteiger partial charge in [-0.3, -0.25) is 4.79 Å². The zero-order valence-corrected chi connectivity index (χ0v) is 31.1. The number of carboxylic acids is 1. The number of hydrogen-bond donors (Lipinski definition) is 1. The monoisotopic (exact) mass is 737 g/mol. The third-order valence-corrected chi connectivity index (χ3v) is 13.8. The predicted molar refractivity (Wildman–Crippen MR) is 176 cm³/mol. The number of carboxylic acid groups (broad SMARTS) is 1. The lowest BCUT2D eigenvalue weighted by Crippen LogP contribution is -2.70. The van der Waals surface area contributed by atoms with Crippen molar-refractivity contribution in [1.29, 1.82) is 0 Å². The van der Waals surface area contributed by atoms with Crippen molar-refractivity contribution in [3.8, 4) is 0 Å². The van der Waals surface area contributed by atoms with E-state index in [2.05, 4.69) is 32.9 Å². The second-order valence-electron chi connectivity index (χ2n) is 17.2. The molecule has 8 saturated heterocycles. The second-order valence-corrected chi connectivity index (χ2v) is 17.2. The molecule has 10 aliphatic rings. The van der Waals surface area contributed by atoms with Gasteiger partial charge in [-0.15, -0.1) is 0 Å². The molecule has 0 aromatic rings. The van der Waals surface area contributed by atoms with Crippen LogP contribution in [0.3, 0.4) is 0 Å². The smallest absolute Gasteiger partial charge is 0.335 e. The maximum atomic E-state index is 12.4. The maximum Gasteiger partial charge on any atom is 0.335 e. The van der Waals surface area contributed by atoms with Crippen LogP contribution >= 0.6 is 0 Å². The molecule has 2 aliphatic carbocycles. The number of nitrogens with zero attached hydrogens (tertiary/aromatic N) is 1. The Bertz CT molecular complexity index is 1330. The zero-order valence-electron chi connectivity index (χ0n) is 31.1. The van der Waals surface area contributed by atoms with Gasteiger partial charge in [0.05, 0.1) is 26.1 Å². The van der Waals surface area contributed by atoms with E-state index in [0.29, 0.717) is 24.7 Å². The van der Waals surface area contributed by atoms with Gasteiger partial charge in [0.1, 0.15) is 5.71 Å². The number of carbonyl (C=O) groups is 2. The summed E-state index contributed by atoms with van der Waals surface area (Å²) < 4.78 is 39.0. The molecule has 0 amide bonds. The van der Waals surface area contributed by atoms with E-state index < -0.39 is 59.9 Å². The topological polar surface area (TPSA) is 168 Å². The Morgan fingerprint density at radius 1 is 0.673 bits per heavy atom. The van der Waals surface area contributed by atoms with Gasteiger partial charge in [-0.25, -0.2) is 24.3 Å². The van der Waals surface area contributed by atoms with Gasteiger partial charge in [0.15, 0.2) is 36.4 Å². The third-order valence-electron chi connectivity index (χ3n) is 13.8. The van der Waals surface area contributed by atoms with Crippen molar-refractivity contribution in [2.45, 2.75) is 154 Å². The Hall–Kier alpha value is -1.79. The Balaban J connectivity index is 0.987. The first-order chi connectivity index (χ1) is 24.8. The fraction of sp³-hybridized carbons (Fsp3) is 0.919. The quantitative estimate of drug-likeness (QED) is 0.134. The number of rotatable bonds is 10. The first kappa shape index (κ1) is 37.1. The fourth-order valence-electron chi connectivity index (χ4n) is 10.9. The van der Waals surface area contributed by atoms with E-state index in [1.807, 2.05) is 13.8 Å². The van der Waals surface area contributed by atoms with Gasteiger partial charge in [0.2, 0.25) is 11.6 Å². The second kappa shape index (κ2) is 13.7. The SMILES string of the molecule is C[C@H]1[C@@H](OCC(CO[C@H]2O[C@@H]3O[C@@]4(C)CC[C@H]5[C@H](C)CC[C@@H]([C@H]2C)[C@@]35OO4)=NOC(=O)CCC(=O)O)OC2O[C@@]3(C)CC[C@H]4[C@H](C)CC[C@@H]1[C@@]24OO3. The van der Waals surface area contributed by atoms with E-state index in [1.165, 1.54) is 0 Å². The highest BCUT2D eigenvalue weighted by atomic mass is 17.3. The normalized spacial score (nSPS) is 50.8. The minimum absolute atomic E-state index is 0.0550. The summed E-state index contributed by atoms with van der Waals surface area (Å²) in [5.74, 6) is -2.52. The molecular weight excluding hydrogens is 682 g/mol. The van der Waals surface area contributed by atoms with Crippen LogP contribution in [-0.4, -0.2) is 83.9 Å². The molecule has 0 aromatic heterocycles. The molecule has 8 aliphatic heterocycles. The van der Waals surface area contributed by atoms with Crippen molar-refractivity contribution in [2.24, 2.45) is 52.5 Å². The van der Waals surface area contributed by atoms with Crippen molar-refractivity contribution in [3.63, 3.8) is 0 Å². The Kier molecular flexibility index (Phi) is 9.82. The molecule has 4 bridgehead atoms. The minimum atomic E-state index is -1.11. The molecule has 2 saturated carbocycles. The summed E-state index contributed by atoms with van der Waals surface area (Å²) >= 11 is 0. The lowest BCUT2D eigenvalue weighted by molar-refractivity contribution is -0.577. The summed E-state index contributed by atoms with van der Waals surface area (Å²) in [5.41, 5.74) is -1.20. The first-order valence-electron chi connectivity index (χ1n) is 19.4. The van der Waals surface area contributed by atoms with Crippen molar-refractivity contribution in [3.05, 3.63) is 0 Å². The van der Waals surface area contributed by atoms with Crippen LogP contribution < -0.4 is 0 Å². The fourth-order valence-corrected chi connectivity index (χ4v) is 10.9. The lowest BCUT2D eigenvalue weighted by Gasteiger charge is -2.60. The summed E-state index contributed by atoms with van der Waals surface area (Å²) in [5, 5.41) is 13.2. The van der Waals surface area contributed by atoms with Gasteiger partial charge in [0, 0.05) is 36.5 Å². The molecule has 292 valence electrons. The van der Waals surface area contributed by atoms with Gasteiger partial charge in [-0.05, 0) is 76.0 Å². The molecule has 10 fully saturated rings. The Morgan fingerprint density at radius 3 is 1.62 bits per heavy atom. The van der Waals surface area contributed by atoms with Crippen LogP contribution in [0.25, 0.3) is 0 Å². The number of ether oxygens (including phenoxy) is 6. The van der Waals surface area contributed by atoms with Crippen molar-refractivity contribution in [1.82, 2.24) is 0 Å². The molecule has 15 nitrogen and oxygen atoms in total. The summed E-state index contributed by atoms with van der Waals surface area (Å²) in [6, 6.07) is 0. The van der Waals surface area contributed by atoms with Crippen LogP contribution in [0.2, 0.25) is 0 Å². The molecule has 8 heterocycles. The van der Waals surface area contributed by atoms with Crippen LogP contribution in [0.1, 0.15) is 106 Å². The molecule has 15 heteroatoms. The molecular formula is C37H55NO14. The zero-order chi connectivity index (χ0) is 36.6. The summed E-state index contributed by atoms with van der Waals surface area (Å²) in [6.45, 7) is 12.3. The first-order valence-corrected chi connectivity index (χ1v) is 19.4. The molecule has 1 N–H and O–H groups in total. The van der Waals surface area contributed by atoms with Gasteiger partial charge in [0.25, 0.3) is 0 Å². The molecule has 0 aromatic carbocycles. The van der Waals surface area contributed by atoms with Crippen LogP contribution in [-0.2, 0) is 62.4 Å². The number of hydrogen-bond acceptors (Lipinski definition) is 14. The Morgan fingerprint density at radius 2 is 1.15 bits per heavy atom. The molecule has 10 rings (SSSR count). The van der Waals surface area contributed by atoms with Gasteiger partial charge in [-0.1, -0.05) is 32.9 Å². The van der Waals surface area contributed by atoms with Crippen molar-refractivity contribution < 1.29 is 67.5 Å². The third kappa shape index (κ3) is 6.15. The van der Waals surface area contributed by atoms with E-state index >= 15 is 0 Å². The van der Waals surface area contributed by atoms with Crippen LogP contribution in [0.4, 0.5) is 0 Å². The number of fused-ring (bicyclic) bond motifs is 4. The molecule has 16 atom stereocenters. The summed E-state index contributed by atoms with van der Waals surface area (Å²) in [4.78, 5) is 53.1. The van der Waals surface area contributed by atoms with E-state index in [-0.39, 0.29) is 67.3 Å². The highest BCUT2D eigenvalue weighted by molar-refractivity contribution is 5.87. The van der Waals surface area contributed by atoms with Crippen LogP contribution in [0.5, 0.6) is 0 Å². The highest BCUT2D eigenvalue weighted by Gasteiger charge is 2.71. The largest absolute Gasteiger partial charge is 0.481 e. The van der Waals surface area contributed by atoms with E-state index in [4.69, 9.17) is 57.9 Å². The summed E-state index contributed by atoms with van der Waals surface area (Å²) in [7, 11) is 0. The number of aliphatic carboxylic acids is 1. The van der Waals surface area contributed by atoms with Gasteiger partial charge >= 0.3 is 11.9 Å². The van der Waals surface area contributed by atoms with Gasteiger partial charge in [-0.2, -0.15) is 0 Å². The van der Waals surface area contributed by atoms with Crippen LogP contribution in [0, 0.1) is 47.3 Å². The molecule has 2 spiro atoms. The number of oxime groups is 1. The highest BCUT2D eigenvalue weighted by Crippen LogP contribution is 2.62. The minimum Gasteiger partial charge on any atom is -0.481 e.